The molecular weight excluding hydrogens is 200 g/mol. The smallest absolute Gasteiger partial charge is 0.224 e. The van der Waals surface area contributed by atoms with Gasteiger partial charge < -0.3 is 5.32 Å². The Bertz CT molecular complexity index is 357. The van der Waals surface area contributed by atoms with Crippen molar-refractivity contribution in [3.63, 3.8) is 0 Å². The lowest BCUT2D eigenvalue weighted by Crippen LogP contribution is -2.11. The number of carbonyl (C=O) groups is 1. The summed E-state index contributed by atoms with van der Waals surface area (Å²) in [6, 6.07) is 2.88. The molecule has 0 saturated heterocycles. The van der Waals surface area contributed by atoms with Crippen molar-refractivity contribution in [2.24, 2.45) is 0 Å². The van der Waals surface area contributed by atoms with E-state index >= 15 is 0 Å². The van der Waals surface area contributed by atoms with Crippen LogP contribution >= 0.6 is 0 Å². The number of rotatable bonds is 4. The Morgan fingerprint density at radius 3 is 2.47 bits per heavy atom. The van der Waals surface area contributed by atoms with E-state index in [1.807, 2.05) is 0 Å². The van der Waals surface area contributed by atoms with Crippen LogP contribution in [0.3, 0.4) is 0 Å². The number of carbonyl (C=O) groups excluding carboxylic acids is 1. The summed E-state index contributed by atoms with van der Waals surface area (Å²) in [5.74, 6) is -1.72. The SMILES string of the molecule is C=CCCC(=O)Nc1cc(F)cc(F)c1. The Hall–Kier alpha value is -1.71. The van der Waals surface area contributed by atoms with Crippen LogP contribution in [0.4, 0.5) is 14.5 Å². The van der Waals surface area contributed by atoms with E-state index in [2.05, 4.69) is 11.9 Å². The van der Waals surface area contributed by atoms with Crippen LogP contribution < -0.4 is 5.32 Å². The predicted molar refractivity (Wildman–Crippen MR) is 54.4 cm³/mol. The number of benzene rings is 1. The van der Waals surface area contributed by atoms with Gasteiger partial charge in [0.25, 0.3) is 0 Å². The summed E-state index contributed by atoms with van der Waals surface area (Å²) in [6.45, 7) is 3.47. The third-order valence-electron chi connectivity index (χ3n) is 1.72. The fourth-order valence-corrected chi connectivity index (χ4v) is 1.08. The van der Waals surface area contributed by atoms with Gasteiger partial charge in [0, 0.05) is 18.2 Å². The molecule has 0 aliphatic rings. The van der Waals surface area contributed by atoms with Gasteiger partial charge in [-0.25, -0.2) is 8.78 Å². The van der Waals surface area contributed by atoms with Crippen molar-refractivity contribution in [3.05, 3.63) is 42.5 Å². The van der Waals surface area contributed by atoms with Crippen LogP contribution in [0.15, 0.2) is 30.9 Å². The Kier molecular flexibility index (Phi) is 3.97. The number of nitrogens with one attached hydrogen (secondary N) is 1. The molecule has 0 aliphatic carbocycles. The molecule has 15 heavy (non-hydrogen) atoms. The molecule has 0 aromatic heterocycles. The molecule has 1 aromatic rings. The quantitative estimate of drug-likeness (QED) is 0.762. The average Bonchev–Trinajstić information content (AvgIpc) is 2.13. The summed E-state index contributed by atoms with van der Waals surface area (Å²) in [4.78, 5) is 11.2. The zero-order chi connectivity index (χ0) is 11.3. The largest absolute Gasteiger partial charge is 0.326 e. The molecule has 0 heterocycles. The molecule has 0 radical (unpaired) electrons. The van der Waals surface area contributed by atoms with Crippen molar-refractivity contribution in [2.75, 3.05) is 5.32 Å². The van der Waals surface area contributed by atoms with E-state index in [9.17, 15) is 13.6 Å². The van der Waals surface area contributed by atoms with E-state index < -0.39 is 11.6 Å². The fraction of sp³-hybridized carbons (Fsp3) is 0.182. The highest BCUT2D eigenvalue weighted by molar-refractivity contribution is 5.90. The number of halogens is 2. The van der Waals surface area contributed by atoms with E-state index in [1.165, 1.54) is 0 Å². The summed E-state index contributed by atoms with van der Waals surface area (Å²) in [6.07, 6.45) is 2.39. The molecule has 0 spiro atoms. The van der Waals surface area contributed by atoms with Crippen LogP contribution in [0.2, 0.25) is 0 Å². The second kappa shape index (κ2) is 5.24. The third kappa shape index (κ3) is 3.89. The predicted octanol–water partition coefficient (Wildman–Crippen LogP) is 2.87. The molecule has 1 rings (SSSR count). The molecule has 4 heteroatoms. The van der Waals surface area contributed by atoms with E-state index in [-0.39, 0.29) is 18.0 Å². The van der Waals surface area contributed by atoms with Gasteiger partial charge in [-0.2, -0.15) is 0 Å². The maximum atomic E-state index is 12.7. The minimum Gasteiger partial charge on any atom is -0.326 e. The normalized spacial score (nSPS) is 9.73. The van der Waals surface area contributed by atoms with Crippen LogP contribution in [-0.2, 0) is 4.79 Å². The van der Waals surface area contributed by atoms with E-state index in [0.717, 1.165) is 18.2 Å². The minimum absolute atomic E-state index is 0.126. The first-order valence-electron chi connectivity index (χ1n) is 4.48. The Balaban J connectivity index is 2.63. The van der Waals surface area contributed by atoms with Gasteiger partial charge in [0.05, 0.1) is 0 Å². The van der Waals surface area contributed by atoms with E-state index in [4.69, 9.17) is 0 Å². The zero-order valence-electron chi connectivity index (χ0n) is 8.09. The van der Waals surface area contributed by atoms with E-state index in [1.54, 1.807) is 6.08 Å². The molecule has 1 N–H and O–H groups in total. The van der Waals surface area contributed by atoms with Gasteiger partial charge in [0.15, 0.2) is 0 Å². The van der Waals surface area contributed by atoms with Crippen LogP contribution in [0, 0.1) is 11.6 Å². The van der Waals surface area contributed by atoms with Gasteiger partial charge in [-0.1, -0.05) is 6.08 Å². The van der Waals surface area contributed by atoms with Crippen molar-refractivity contribution in [3.8, 4) is 0 Å². The minimum atomic E-state index is -0.714. The first-order valence-corrected chi connectivity index (χ1v) is 4.48. The van der Waals surface area contributed by atoms with Gasteiger partial charge >= 0.3 is 0 Å². The number of amides is 1. The maximum absolute atomic E-state index is 12.7. The molecule has 2 nitrogen and oxygen atoms in total. The van der Waals surface area contributed by atoms with Crippen LogP contribution in [0.1, 0.15) is 12.8 Å². The highest BCUT2D eigenvalue weighted by Gasteiger charge is 2.04. The molecule has 0 saturated carbocycles. The summed E-state index contributed by atoms with van der Waals surface area (Å²) < 4.78 is 25.4. The zero-order valence-corrected chi connectivity index (χ0v) is 8.09. The van der Waals surface area contributed by atoms with Crippen molar-refractivity contribution in [1.29, 1.82) is 0 Å². The number of hydrogen-bond acceptors (Lipinski definition) is 1. The molecule has 0 unspecified atom stereocenters. The molecule has 0 fully saturated rings. The first kappa shape index (κ1) is 11.4. The van der Waals surface area contributed by atoms with Crippen LogP contribution in [0.25, 0.3) is 0 Å². The van der Waals surface area contributed by atoms with Crippen LogP contribution in [0.5, 0.6) is 0 Å². The lowest BCUT2D eigenvalue weighted by Gasteiger charge is -2.04. The highest BCUT2D eigenvalue weighted by Crippen LogP contribution is 2.13. The van der Waals surface area contributed by atoms with Crippen molar-refractivity contribution >= 4 is 11.6 Å². The van der Waals surface area contributed by atoms with Crippen molar-refractivity contribution in [1.82, 2.24) is 0 Å². The Morgan fingerprint density at radius 1 is 1.33 bits per heavy atom. The number of hydrogen-bond donors (Lipinski definition) is 1. The second-order valence-corrected chi connectivity index (χ2v) is 3.03. The molecule has 1 amide bonds. The van der Waals surface area contributed by atoms with Crippen LogP contribution in [-0.4, -0.2) is 5.91 Å². The highest BCUT2D eigenvalue weighted by atomic mass is 19.1. The molecule has 0 aliphatic heterocycles. The lowest BCUT2D eigenvalue weighted by atomic mass is 10.2. The van der Waals surface area contributed by atoms with Crippen molar-refractivity contribution in [2.45, 2.75) is 12.8 Å². The Labute approximate surface area is 86.6 Å². The molecular formula is C11H11F2NO. The molecule has 0 atom stereocenters. The number of allylic oxidation sites excluding steroid dienone is 1. The Morgan fingerprint density at radius 2 is 1.93 bits per heavy atom. The topological polar surface area (TPSA) is 29.1 Å². The second-order valence-electron chi connectivity index (χ2n) is 3.03. The summed E-state index contributed by atoms with van der Waals surface area (Å²) in [5, 5.41) is 2.39. The van der Waals surface area contributed by atoms with Gasteiger partial charge in [-0.05, 0) is 18.6 Å². The first-order chi connectivity index (χ1) is 7.11. The lowest BCUT2D eigenvalue weighted by molar-refractivity contribution is -0.116. The standard InChI is InChI=1S/C11H11F2NO/c1-2-3-4-11(15)14-10-6-8(12)5-9(13)7-10/h2,5-7H,1,3-4H2,(H,14,15). The summed E-state index contributed by atoms with van der Waals surface area (Å²) >= 11 is 0. The van der Waals surface area contributed by atoms with E-state index in [0.29, 0.717) is 6.42 Å². The van der Waals surface area contributed by atoms with Gasteiger partial charge in [0.1, 0.15) is 11.6 Å². The molecule has 80 valence electrons. The average molecular weight is 211 g/mol. The van der Waals surface area contributed by atoms with Gasteiger partial charge in [-0.15, -0.1) is 6.58 Å². The monoisotopic (exact) mass is 211 g/mol. The van der Waals surface area contributed by atoms with Gasteiger partial charge in [0.2, 0.25) is 5.91 Å². The third-order valence-corrected chi connectivity index (χ3v) is 1.72. The molecule has 1 aromatic carbocycles. The summed E-state index contributed by atoms with van der Waals surface area (Å²) in [7, 11) is 0. The summed E-state index contributed by atoms with van der Waals surface area (Å²) in [5.41, 5.74) is 0.126. The maximum Gasteiger partial charge on any atom is 0.224 e. The van der Waals surface area contributed by atoms with Gasteiger partial charge in [-0.3, -0.25) is 4.79 Å². The molecule has 0 bridgehead atoms. The fourth-order valence-electron chi connectivity index (χ4n) is 1.08. The number of anilines is 1. The van der Waals surface area contributed by atoms with Crippen molar-refractivity contribution < 1.29 is 13.6 Å².